The molecule has 56 valence electrons. The molecule has 0 saturated heterocycles. The average Bonchev–Trinajstić information content (AvgIpc) is 2.04. The van der Waals surface area contributed by atoms with Gasteiger partial charge >= 0.3 is 0 Å². The van der Waals surface area contributed by atoms with Gasteiger partial charge in [-0.2, -0.15) is 0 Å². The first kappa shape index (κ1) is 6.34. The third-order valence-electron chi connectivity index (χ3n) is 1.68. The first-order valence-corrected chi connectivity index (χ1v) is 3.54. The van der Waals surface area contributed by atoms with Gasteiger partial charge in [-0.05, 0) is 12.2 Å². The highest BCUT2D eigenvalue weighted by Gasteiger charge is 2.16. The molecule has 2 heterocycles. The zero-order valence-electron chi connectivity index (χ0n) is 6.03. The smallest absolute Gasteiger partial charge is 0.173 e. The highest BCUT2D eigenvalue weighted by atomic mass is 16.1. The quantitative estimate of drug-likeness (QED) is 0.496. The lowest BCUT2D eigenvalue weighted by molar-refractivity contribution is -0.118. The third kappa shape index (κ3) is 1.09. The van der Waals surface area contributed by atoms with Crippen LogP contribution in [0.5, 0.6) is 0 Å². The van der Waals surface area contributed by atoms with Gasteiger partial charge in [0.05, 0.1) is 6.54 Å². The number of carbonyl (C=O) groups excluding carboxylic acids is 1. The molecule has 0 radical (unpaired) electrons. The first-order chi connectivity index (χ1) is 5.36. The number of carbonyl (C=O) groups is 1. The van der Waals surface area contributed by atoms with Crippen molar-refractivity contribution < 1.29 is 4.79 Å². The van der Waals surface area contributed by atoms with Crippen LogP contribution in [-0.4, -0.2) is 29.6 Å². The fraction of sp³-hybridized carbons (Fsp3) is 0.250. The fourth-order valence-electron chi connectivity index (χ4n) is 1.15. The van der Waals surface area contributed by atoms with Crippen LogP contribution in [0.4, 0.5) is 0 Å². The van der Waals surface area contributed by atoms with Gasteiger partial charge in [0.15, 0.2) is 5.78 Å². The largest absolute Gasteiger partial charge is 0.326 e. The Labute approximate surface area is 64.7 Å². The van der Waals surface area contributed by atoms with Crippen molar-refractivity contribution in [1.82, 2.24) is 4.90 Å². The number of hydrogen-bond donors (Lipinski definition) is 0. The van der Waals surface area contributed by atoms with Gasteiger partial charge in [0.25, 0.3) is 0 Å². The lowest BCUT2D eigenvalue weighted by atomic mass is 10.2. The number of allylic oxidation sites excluding steroid dienone is 2. The Hall–Kier alpha value is -1.38. The number of amidine groups is 1. The summed E-state index contributed by atoms with van der Waals surface area (Å²) in [6, 6.07) is 0. The van der Waals surface area contributed by atoms with Crippen molar-refractivity contribution in [2.75, 3.05) is 13.1 Å². The standard InChI is InChI=1S/C8H8N2O/c11-7-5-9-8-3-1-2-4-10(8)6-7/h1-4H,5-6H2. The van der Waals surface area contributed by atoms with E-state index in [0.717, 1.165) is 5.84 Å². The van der Waals surface area contributed by atoms with Crippen LogP contribution >= 0.6 is 0 Å². The van der Waals surface area contributed by atoms with E-state index in [1.165, 1.54) is 0 Å². The Kier molecular flexibility index (Phi) is 1.35. The molecule has 0 aromatic rings. The lowest BCUT2D eigenvalue weighted by Crippen LogP contribution is -2.36. The molecule has 2 aliphatic rings. The van der Waals surface area contributed by atoms with E-state index >= 15 is 0 Å². The number of ketones is 1. The summed E-state index contributed by atoms with van der Waals surface area (Å²) in [5.41, 5.74) is 0. The van der Waals surface area contributed by atoms with Crippen LogP contribution in [0.1, 0.15) is 0 Å². The molecule has 3 nitrogen and oxygen atoms in total. The summed E-state index contributed by atoms with van der Waals surface area (Å²) in [6.07, 6.45) is 7.60. The van der Waals surface area contributed by atoms with Crippen LogP contribution < -0.4 is 0 Å². The molecule has 2 rings (SSSR count). The second-order valence-electron chi connectivity index (χ2n) is 2.54. The molecule has 0 aromatic carbocycles. The van der Waals surface area contributed by atoms with E-state index in [0.29, 0.717) is 13.1 Å². The number of aliphatic imine (C=N–C) groups is 1. The van der Waals surface area contributed by atoms with Crippen LogP contribution in [0.15, 0.2) is 29.4 Å². The Morgan fingerprint density at radius 3 is 3.27 bits per heavy atom. The molecule has 0 fully saturated rings. The minimum Gasteiger partial charge on any atom is -0.326 e. The molecule has 0 amide bonds. The van der Waals surface area contributed by atoms with Crippen LogP contribution in [0.25, 0.3) is 0 Å². The lowest BCUT2D eigenvalue weighted by Gasteiger charge is -2.24. The van der Waals surface area contributed by atoms with Crippen molar-refractivity contribution in [3.05, 3.63) is 24.4 Å². The van der Waals surface area contributed by atoms with E-state index in [9.17, 15) is 4.79 Å². The van der Waals surface area contributed by atoms with Gasteiger partial charge in [0, 0.05) is 6.20 Å². The molecular formula is C8H8N2O. The van der Waals surface area contributed by atoms with Gasteiger partial charge in [-0.1, -0.05) is 6.08 Å². The topological polar surface area (TPSA) is 32.7 Å². The van der Waals surface area contributed by atoms with Crippen molar-refractivity contribution in [3.8, 4) is 0 Å². The van der Waals surface area contributed by atoms with Crippen LogP contribution in [-0.2, 0) is 4.79 Å². The zero-order chi connectivity index (χ0) is 7.68. The summed E-state index contributed by atoms with van der Waals surface area (Å²) < 4.78 is 0. The predicted octanol–water partition coefficient (Wildman–Crippen LogP) is 0.353. The first-order valence-electron chi connectivity index (χ1n) is 3.54. The number of hydrogen-bond acceptors (Lipinski definition) is 3. The fourth-order valence-corrected chi connectivity index (χ4v) is 1.15. The van der Waals surface area contributed by atoms with E-state index in [4.69, 9.17) is 0 Å². The second-order valence-corrected chi connectivity index (χ2v) is 2.54. The van der Waals surface area contributed by atoms with Gasteiger partial charge in [0.2, 0.25) is 0 Å². The number of rotatable bonds is 0. The SMILES string of the molecule is O=C1CN=C2C=CC=CN2C1. The molecule has 0 N–H and O–H groups in total. The summed E-state index contributed by atoms with van der Waals surface area (Å²) >= 11 is 0. The molecule has 0 unspecified atom stereocenters. The molecule has 3 heteroatoms. The van der Waals surface area contributed by atoms with Crippen LogP contribution in [0, 0.1) is 0 Å². The second kappa shape index (κ2) is 2.34. The van der Waals surface area contributed by atoms with Gasteiger partial charge < -0.3 is 4.90 Å². The van der Waals surface area contributed by atoms with E-state index in [1.54, 1.807) is 0 Å². The molecule has 0 atom stereocenters. The molecule has 11 heavy (non-hydrogen) atoms. The summed E-state index contributed by atoms with van der Waals surface area (Å²) in [4.78, 5) is 16.9. The number of nitrogens with zero attached hydrogens (tertiary/aromatic N) is 2. The minimum absolute atomic E-state index is 0.175. The monoisotopic (exact) mass is 148 g/mol. The van der Waals surface area contributed by atoms with E-state index in [1.807, 2.05) is 29.3 Å². The molecule has 0 saturated carbocycles. The Morgan fingerprint density at radius 2 is 2.36 bits per heavy atom. The van der Waals surface area contributed by atoms with Gasteiger partial charge in [-0.25, -0.2) is 0 Å². The highest BCUT2D eigenvalue weighted by Crippen LogP contribution is 2.06. The number of fused-ring (bicyclic) bond motifs is 1. The highest BCUT2D eigenvalue weighted by molar-refractivity contribution is 6.01. The third-order valence-corrected chi connectivity index (χ3v) is 1.68. The maximum absolute atomic E-state index is 10.9. The van der Waals surface area contributed by atoms with Crippen LogP contribution in [0.3, 0.4) is 0 Å². The number of Topliss-reactive ketones (excluding diaryl/α,β-unsaturated/α-hetero) is 1. The van der Waals surface area contributed by atoms with Gasteiger partial charge in [-0.15, -0.1) is 0 Å². The predicted molar refractivity (Wildman–Crippen MR) is 42.3 cm³/mol. The molecule has 2 aliphatic heterocycles. The molecular weight excluding hydrogens is 140 g/mol. The van der Waals surface area contributed by atoms with Crippen LogP contribution in [0.2, 0.25) is 0 Å². The normalized spacial score (nSPS) is 21.6. The minimum atomic E-state index is 0.175. The summed E-state index contributed by atoms with van der Waals surface area (Å²) in [6.45, 7) is 0.809. The van der Waals surface area contributed by atoms with E-state index < -0.39 is 0 Å². The maximum atomic E-state index is 10.9. The van der Waals surface area contributed by atoms with Crippen molar-refractivity contribution in [2.45, 2.75) is 0 Å². The van der Waals surface area contributed by atoms with E-state index in [2.05, 4.69) is 4.99 Å². The van der Waals surface area contributed by atoms with Crippen molar-refractivity contribution in [2.24, 2.45) is 4.99 Å². The molecule has 0 aromatic heterocycles. The summed E-state index contributed by atoms with van der Waals surface area (Å²) in [7, 11) is 0. The van der Waals surface area contributed by atoms with Crippen molar-refractivity contribution in [1.29, 1.82) is 0 Å². The molecule has 0 bridgehead atoms. The van der Waals surface area contributed by atoms with Gasteiger partial charge in [-0.3, -0.25) is 9.79 Å². The summed E-state index contributed by atoms with van der Waals surface area (Å²) in [5.74, 6) is 1.07. The average molecular weight is 148 g/mol. The van der Waals surface area contributed by atoms with Gasteiger partial charge in [0.1, 0.15) is 12.4 Å². The Bertz CT molecular complexity index is 276. The van der Waals surface area contributed by atoms with Crippen molar-refractivity contribution in [3.63, 3.8) is 0 Å². The Morgan fingerprint density at radius 1 is 1.45 bits per heavy atom. The summed E-state index contributed by atoms with van der Waals surface area (Å²) in [5, 5.41) is 0. The van der Waals surface area contributed by atoms with Crippen molar-refractivity contribution >= 4 is 11.6 Å². The molecule has 0 aliphatic carbocycles. The zero-order valence-corrected chi connectivity index (χ0v) is 6.03. The Balaban J connectivity index is 2.30. The van der Waals surface area contributed by atoms with E-state index in [-0.39, 0.29) is 5.78 Å². The maximum Gasteiger partial charge on any atom is 0.173 e. The molecule has 0 spiro atoms.